The van der Waals surface area contributed by atoms with Crippen molar-refractivity contribution in [3.63, 3.8) is 0 Å². The highest BCUT2D eigenvalue weighted by Crippen LogP contribution is 2.30. The number of methoxy groups -OCH3 is 1. The molecule has 0 spiro atoms. The van der Waals surface area contributed by atoms with Crippen LogP contribution in [-0.2, 0) is 4.79 Å². The van der Waals surface area contributed by atoms with Crippen LogP contribution in [-0.4, -0.2) is 33.2 Å². The van der Waals surface area contributed by atoms with Gasteiger partial charge in [-0.2, -0.15) is 5.10 Å². The zero-order chi connectivity index (χ0) is 21.6. The van der Waals surface area contributed by atoms with E-state index in [9.17, 15) is 4.79 Å². The lowest BCUT2D eigenvalue weighted by Crippen LogP contribution is -2.12. The molecule has 8 nitrogen and oxygen atoms in total. The Bertz CT molecular complexity index is 1170. The summed E-state index contributed by atoms with van der Waals surface area (Å²) in [5.41, 5.74) is 2.82. The van der Waals surface area contributed by atoms with Crippen molar-refractivity contribution in [1.29, 1.82) is 0 Å². The molecule has 0 aliphatic heterocycles. The van der Waals surface area contributed by atoms with Crippen molar-refractivity contribution >= 4 is 34.1 Å². The van der Waals surface area contributed by atoms with Gasteiger partial charge >= 0.3 is 0 Å². The standard InChI is InChI=1S/C12H11N5.C11H13NO2/c1-8-6-13-7-14-11(8)15-12-9-4-2-3-5-10(9)16-17-12;1-14-10-6-4-9(5-7-10)12-11(13)8-2-3-8/h2-7H,1H3,(H2,13,14,15,16,17);4-8H,2-3H2,1H3,(H,12,13). The molecule has 0 bridgehead atoms. The second-order valence-electron chi connectivity index (χ2n) is 7.29. The Kier molecular flexibility index (Phi) is 6.07. The molecule has 8 heteroatoms. The zero-order valence-electron chi connectivity index (χ0n) is 17.4. The molecule has 2 aromatic heterocycles. The number of aromatic nitrogens is 4. The molecule has 5 rings (SSSR count). The molecule has 0 saturated heterocycles. The van der Waals surface area contributed by atoms with Gasteiger partial charge in [-0.1, -0.05) is 12.1 Å². The van der Waals surface area contributed by atoms with Crippen molar-refractivity contribution in [2.75, 3.05) is 17.7 Å². The summed E-state index contributed by atoms with van der Waals surface area (Å²) in [7, 11) is 1.62. The maximum atomic E-state index is 11.4. The minimum absolute atomic E-state index is 0.134. The first kappa shape index (κ1) is 20.3. The molecule has 31 heavy (non-hydrogen) atoms. The van der Waals surface area contributed by atoms with Gasteiger partial charge in [0.1, 0.15) is 17.9 Å². The number of carbonyl (C=O) groups is 1. The number of carbonyl (C=O) groups excluding carboxylic acids is 1. The Morgan fingerprint density at radius 2 is 1.87 bits per heavy atom. The van der Waals surface area contributed by atoms with Crippen molar-refractivity contribution in [2.24, 2.45) is 5.92 Å². The van der Waals surface area contributed by atoms with Gasteiger partial charge in [-0.15, -0.1) is 0 Å². The van der Waals surface area contributed by atoms with Crippen molar-refractivity contribution in [3.8, 4) is 5.75 Å². The summed E-state index contributed by atoms with van der Waals surface area (Å²) >= 11 is 0. The maximum Gasteiger partial charge on any atom is 0.227 e. The molecule has 1 saturated carbocycles. The van der Waals surface area contributed by atoms with Crippen LogP contribution in [0.15, 0.2) is 61.1 Å². The summed E-state index contributed by atoms with van der Waals surface area (Å²) in [6.07, 6.45) is 5.35. The predicted molar refractivity (Wildman–Crippen MR) is 120 cm³/mol. The normalized spacial score (nSPS) is 12.6. The Balaban J connectivity index is 0.000000152. The fourth-order valence-electron chi connectivity index (χ4n) is 2.97. The first-order chi connectivity index (χ1) is 15.1. The van der Waals surface area contributed by atoms with Gasteiger partial charge in [-0.25, -0.2) is 9.97 Å². The number of nitrogens with one attached hydrogen (secondary N) is 3. The molecule has 2 heterocycles. The number of anilines is 3. The largest absolute Gasteiger partial charge is 0.497 e. The van der Waals surface area contributed by atoms with Gasteiger partial charge in [-0.05, 0) is 56.2 Å². The van der Waals surface area contributed by atoms with Crippen LogP contribution in [0.3, 0.4) is 0 Å². The van der Waals surface area contributed by atoms with Gasteiger partial charge in [0.25, 0.3) is 0 Å². The van der Waals surface area contributed by atoms with Crippen LogP contribution in [0, 0.1) is 12.8 Å². The van der Waals surface area contributed by atoms with Gasteiger partial charge in [0.2, 0.25) is 5.91 Å². The molecule has 2 aromatic carbocycles. The Morgan fingerprint density at radius 1 is 1.10 bits per heavy atom. The molecular weight excluding hydrogens is 392 g/mol. The monoisotopic (exact) mass is 416 g/mol. The molecular formula is C23H24N6O2. The Hall–Kier alpha value is -3.94. The van der Waals surface area contributed by atoms with E-state index in [-0.39, 0.29) is 11.8 Å². The molecule has 0 unspecified atom stereocenters. The minimum Gasteiger partial charge on any atom is -0.497 e. The molecule has 1 amide bonds. The van der Waals surface area contributed by atoms with E-state index in [0.29, 0.717) is 0 Å². The number of hydrogen-bond acceptors (Lipinski definition) is 6. The van der Waals surface area contributed by atoms with Crippen LogP contribution < -0.4 is 15.4 Å². The zero-order valence-corrected chi connectivity index (χ0v) is 17.4. The van der Waals surface area contributed by atoms with Gasteiger partial charge in [0.15, 0.2) is 5.82 Å². The number of hydrogen-bond donors (Lipinski definition) is 3. The number of benzene rings is 2. The van der Waals surface area contributed by atoms with Gasteiger partial charge in [0.05, 0.1) is 12.6 Å². The molecule has 1 aliphatic carbocycles. The smallest absolute Gasteiger partial charge is 0.227 e. The second-order valence-corrected chi connectivity index (χ2v) is 7.29. The van der Waals surface area contributed by atoms with E-state index in [1.807, 2.05) is 55.5 Å². The summed E-state index contributed by atoms with van der Waals surface area (Å²) in [4.78, 5) is 19.5. The first-order valence-electron chi connectivity index (χ1n) is 10.1. The summed E-state index contributed by atoms with van der Waals surface area (Å²) in [5.74, 6) is 2.74. The number of nitrogens with zero attached hydrogens (tertiary/aromatic N) is 3. The third kappa shape index (κ3) is 5.16. The number of aromatic amines is 1. The molecule has 3 N–H and O–H groups in total. The number of para-hydroxylation sites is 1. The highest BCUT2D eigenvalue weighted by molar-refractivity contribution is 5.94. The van der Waals surface area contributed by atoms with Crippen molar-refractivity contribution in [1.82, 2.24) is 20.2 Å². The summed E-state index contributed by atoms with van der Waals surface area (Å²) in [6, 6.07) is 15.3. The highest BCUT2D eigenvalue weighted by Gasteiger charge is 2.29. The third-order valence-electron chi connectivity index (χ3n) is 4.91. The van der Waals surface area contributed by atoms with Gasteiger partial charge < -0.3 is 15.4 Å². The van der Waals surface area contributed by atoms with Crippen LogP contribution in [0.25, 0.3) is 10.9 Å². The number of H-pyrrole nitrogens is 1. The quantitative estimate of drug-likeness (QED) is 0.444. The molecule has 1 fully saturated rings. The van der Waals surface area contributed by atoms with E-state index in [2.05, 4.69) is 30.8 Å². The fraction of sp³-hybridized carbons (Fsp3) is 0.217. The average molecular weight is 416 g/mol. The lowest BCUT2D eigenvalue weighted by Gasteiger charge is -2.04. The van der Waals surface area contributed by atoms with Crippen LogP contribution >= 0.6 is 0 Å². The van der Waals surface area contributed by atoms with Crippen LogP contribution in [0.1, 0.15) is 18.4 Å². The van der Waals surface area contributed by atoms with Crippen molar-refractivity contribution in [3.05, 3.63) is 66.6 Å². The van der Waals surface area contributed by atoms with E-state index in [1.54, 1.807) is 13.3 Å². The van der Waals surface area contributed by atoms with Crippen molar-refractivity contribution < 1.29 is 9.53 Å². The topological polar surface area (TPSA) is 105 Å². The number of ether oxygens (including phenoxy) is 1. The molecule has 158 valence electrons. The Labute approximate surface area is 180 Å². The number of fused-ring (bicyclic) bond motifs is 1. The second kappa shape index (κ2) is 9.25. The molecule has 0 radical (unpaired) electrons. The summed E-state index contributed by atoms with van der Waals surface area (Å²) < 4.78 is 5.02. The van der Waals surface area contributed by atoms with Crippen LogP contribution in [0.4, 0.5) is 17.3 Å². The molecule has 0 atom stereocenters. The lowest BCUT2D eigenvalue weighted by molar-refractivity contribution is -0.117. The average Bonchev–Trinajstić information content (AvgIpc) is 3.58. The van der Waals surface area contributed by atoms with Gasteiger partial charge in [-0.3, -0.25) is 9.89 Å². The van der Waals surface area contributed by atoms with E-state index in [0.717, 1.165) is 52.4 Å². The minimum atomic E-state index is 0.134. The van der Waals surface area contributed by atoms with Crippen LogP contribution in [0.2, 0.25) is 0 Å². The number of amides is 1. The van der Waals surface area contributed by atoms with E-state index < -0.39 is 0 Å². The first-order valence-corrected chi connectivity index (χ1v) is 10.1. The van der Waals surface area contributed by atoms with Crippen LogP contribution in [0.5, 0.6) is 5.75 Å². The predicted octanol–water partition coefficient (Wildman–Crippen LogP) is 4.45. The van der Waals surface area contributed by atoms with E-state index >= 15 is 0 Å². The maximum absolute atomic E-state index is 11.4. The number of aryl methyl sites for hydroxylation is 1. The van der Waals surface area contributed by atoms with E-state index in [1.165, 1.54) is 6.33 Å². The highest BCUT2D eigenvalue weighted by atomic mass is 16.5. The Morgan fingerprint density at radius 3 is 2.58 bits per heavy atom. The SMILES string of the molecule is COc1ccc(NC(=O)C2CC2)cc1.Cc1cncnc1Nc1n[nH]c2ccccc12. The molecule has 4 aromatic rings. The van der Waals surface area contributed by atoms with E-state index in [4.69, 9.17) is 4.74 Å². The lowest BCUT2D eigenvalue weighted by atomic mass is 10.2. The van der Waals surface area contributed by atoms with Gasteiger partial charge in [0, 0.05) is 28.8 Å². The third-order valence-corrected chi connectivity index (χ3v) is 4.91. The number of rotatable bonds is 5. The molecule has 1 aliphatic rings. The summed E-state index contributed by atoms with van der Waals surface area (Å²) in [5, 5.41) is 14.3. The summed E-state index contributed by atoms with van der Waals surface area (Å²) in [6.45, 7) is 1.96. The fourth-order valence-corrected chi connectivity index (χ4v) is 2.97. The van der Waals surface area contributed by atoms with Crippen molar-refractivity contribution in [2.45, 2.75) is 19.8 Å².